The predicted octanol–water partition coefficient (Wildman–Crippen LogP) is 3.85. The minimum absolute atomic E-state index is 0.0683. The highest BCUT2D eigenvalue weighted by atomic mass is 35.5. The number of amides is 1. The molecule has 0 atom stereocenters. The molecule has 0 radical (unpaired) electrons. The first kappa shape index (κ1) is 18.0. The molecule has 2 aromatic heterocycles. The third-order valence-corrected chi connectivity index (χ3v) is 4.40. The summed E-state index contributed by atoms with van der Waals surface area (Å²) in [6.45, 7) is 3.79. The van der Waals surface area contributed by atoms with E-state index in [2.05, 4.69) is 25.7 Å². The summed E-state index contributed by atoms with van der Waals surface area (Å²) in [5, 5.41) is 17.7. The predicted molar refractivity (Wildman–Crippen MR) is 97.4 cm³/mol. The smallest absolute Gasteiger partial charge is 0.225 e. The van der Waals surface area contributed by atoms with Crippen LogP contribution in [0.3, 0.4) is 0 Å². The molecule has 3 aromatic rings. The van der Waals surface area contributed by atoms with E-state index in [0.29, 0.717) is 17.8 Å². The number of benzene rings is 1. The SMILES string of the molecule is Cc1cnncc1-c1[nH]nc(NC(=O)CCc2ccc(Cl)c(F)c2)c1C. The van der Waals surface area contributed by atoms with Crippen LogP contribution < -0.4 is 5.32 Å². The maximum Gasteiger partial charge on any atom is 0.225 e. The zero-order chi connectivity index (χ0) is 18.7. The molecule has 2 N–H and O–H groups in total. The van der Waals surface area contributed by atoms with E-state index in [0.717, 1.165) is 22.4 Å². The zero-order valence-electron chi connectivity index (χ0n) is 14.3. The minimum Gasteiger partial charge on any atom is -0.309 e. The summed E-state index contributed by atoms with van der Waals surface area (Å²) in [7, 11) is 0. The Labute approximate surface area is 154 Å². The highest BCUT2D eigenvalue weighted by Gasteiger charge is 2.15. The number of hydrogen-bond acceptors (Lipinski definition) is 4. The van der Waals surface area contributed by atoms with E-state index in [9.17, 15) is 9.18 Å². The molecular formula is C18H17ClFN5O. The highest BCUT2D eigenvalue weighted by Crippen LogP contribution is 2.27. The maximum atomic E-state index is 13.4. The number of nitrogens with one attached hydrogen (secondary N) is 2. The van der Waals surface area contributed by atoms with Crippen LogP contribution in [-0.2, 0) is 11.2 Å². The lowest BCUT2D eigenvalue weighted by Crippen LogP contribution is -2.13. The number of aromatic nitrogens is 4. The standard InChI is InChI=1S/C18H17ClFN5O/c1-10-8-21-22-9-13(10)17-11(2)18(25-24-17)23-16(26)6-4-12-3-5-14(19)15(20)7-12/h3,5,7-9H,4,6H2,1-2H3,(H2,23,24,25,26). The number of rotatable bonds is 5. The van der Waals surface area contributed by atoms with Crippen molar-refractivity contribution in [1.29, 1.82) is 0 Å². The highest BCUT2D eigenvalue weighted by molar-refractivity contribution is 6.30. The number of aryl methyl sites for hydroxylation is 2. The second-order valence-corrected chi connectivity index (χ2v) is 6.36. The Morgan fingerprint density at radius 3 is 2.77 bits per heavy atom. The van der Waals surface area contributed by atoms with Gasteiger partial charge < -0.3 is 5.32 Å². The lowest BCUT2D eigenvalue weighted by Gasteiger charge is -2.05. The minimum atomic E-state index is -0.487. The molecule has 6 nitrogen and oxygen atoms in total. The summed E-state index contributed by atoms with van der Waals surface area (Å²) in [6, 6.07) is 4.53. The van der Waals surface area contributed by atoms with E-state index in [4.69, 9.17) is 11.6 Å². The van der Waals surface area contributed by atoms with Crippen molar-refractivity contribution >= 4 is 23.3 Å². The summed E-state index contributed by atoms with van der Waals surface area (Å²) in [4.78, 5) is 12.2. The molecule has 0 unspecified atom stereocenters. The molecule has 134 valence electrons. The maximum absolute atomic E-state index is 13.4. The molecule has 0 aliphatic heterocycles. The number of H-pyrrole nitrogens is 1. The van der Waals surface area contributed by atoms with Crippen molar-refractivity contribution in [3.8, 4) is 11.3 Å². The quantitative estimate of drug-likeness (QED) is 0.711. The molecule has 0 saturated carbocycles. The summed E-state index contributed by atoms with van der Waals surface area (Å²) >= 11 is 5.66. The van der Waals surface area contributed by atoms with Crippen molar-refractivity contribution in [1.82, 2.24) is 20.4 Å². The van der Waals surface area contributed by atoms with E-state index in [1.165, 1.54) is 12.1 Å². The number of nitrogens with zero attached hydrogens (tertiary/aromatic N) is 3. The first-order chi connectivity index (χ1) is 12.5. The van der Waals surface area contributed by atoms with Crippen LogP contribution in [-0.4, -0.2) is 26.3 Å². The number of aromatic amines is 1. The fourth-order valence-corrected chi connectivity index (χ4v) is 2.69. The largest absolute Gasteiger partial charge is 0.309 e. The van der Waals surface area contributed by atoms with Crippen LogP contribution in [0.25, 0.3) is 11.3 Å². The van der Waals surface area contributed by atoms with E-state index in [1.807, 2.05) is 13.8 Å². The Balaban J connectivity index is 1.66. The van der Waals surface area contributed by atoms with E-state index < -0.39 is 5.82 Å². The van der Waals surface area contributed by atoms with Gasteiger partial charge in [-0.15, -0.1) is 0 Å². The topological polar surface area (TPSA) is 83.6 Å². The average Bonchev–Trinajstić information content (AvgIpc) is 2.97. The molecule has 1 aromatic carbocycles. The molecule has 1 amide bonds. The van der Waals surface area contributed by atoms with Crippen molar-refractivity contribution in [2.75, 3.05) is 5.32 Å². The molecule has 26 heavy (non-hydrogen) atoms. The molecule has 0 bridgehead atoms. The molecule has 3 rings (SSSR count). The van der Waals surface area contributed by atoms with Crippen LogP contribution in [0.15, 0.2) is 30.6 Å². The normalized spacial score (nSPS) is 10.8. The van der Waals surface area contributed by atoms with Gasteiger partial charge in [0.15, 0.2) is 5.82 Å². The Morgan fingerprint density at radius 2 is 2.04 bits per heavy atom. The van der Waals surface area contributed by atoms with Crippen molar-refractivity contribution in [3.63, 3.8) is 0 Å². The Hall–Kier alpha value is -2.80. The summed E-state index contributed by atoms with van der Waals surface area (Å²) < 4.78 is 13.4. The molecule has 0 aliphatic rings. The van der Waals surface area contributed by atoms with E-state index in [-0.39, 0.29) is 17.4 Å². The first-order valence-corrected chi connectivity index (χ1v) is 8.40. The summed E-state index contributed by atoms with van der Waals surface area (Å²) in [6.07, 6.45) is 3.93. The van der Waals surface area contributed by atoms with Crippen LogP contribution >= 0.6 is 11.6 Å². The first-order valence-electron chi connectivity index (χ1n) is 8.02. The third-order valence-electron chi connectivity index (χ3n) is 4.09. The number of halogens is 2. The van der Waals surface area contributed by atoms with Gasteiger partial charge >= 0.3 is 0 Å². The lowest BCUT2D eigenvalue weighted by molar-refractivity contribution is -0.116. The number of carbonyl (C=O) groups excluding carboxylic acids is 1. The van der Waals surface area contributed by atoms with Crippen LogP contribution in [0.1, 0.15) is 23.1 Å². The van der Waals surface area contributed by atoms with Crippen molar-refractivity contribution in [2.45, 2.75) is 26.7 Å². The Bertz CT molecular complexity index is 957. The van der Waals surface area contributed by atoms with Gasteiger partial charge in [-0.2, -0.15) is 15.3 Å². The molecule has 0 aliphatic carbocycles. The van der Waals surface area contributed by atoms with Crippen LogP contribution in [0.4, 0.5) is 10.2 Å². The second kappa shape index (κ2) is 7.61. The Kier molecular flexibility index (Phi) is 5.27. The lowest BCUT2D eigenvalue weighted by atomic mass is 10.1. The molecule has 0 spiro atoms. The molecule has 0 fully saturated rings. The van der Waals surface area contributed by atoms with Crippen LogP contribution in [0.5, 0.6) is 0 Å². The Morgan fingerprint density at radius 1 is 1.27 bits per heavy atom. The molecular weight excluding hydrogens is 357 g/mol. The van der Waals surface area contributed by atoms with Gasteiger partial charge in [0, 0.05) is 17.5 Å². The van der Waals surface area contributed by atoms with Crippen molar-refractivity contribution in [2.24, 2.45) is 0 Å². The fraction of sp³-hybridized carbons (Fsp3) is 0.222. The van der Waals surface area contributed by atoms with Crippen molar-refractivity contribution in [3.05, 3.63) is 58.1 Å². The second-order valence-electron chi connectivity index (χ2n) is 5.95. The van der Waals surface area contributed by atoms with Gasteiger partial charge in [-0.05, 0) is 43.5 Å². The van der Waals surface area contributed by atoms with Crippen LogP contribution in [0.2, 0.25) is 5.02 Å². The van der Waals surface area contributed by atoms with Gasteiger partial charge in [-0.25, -0.2) is 4.39 Å². The van der Waals surface area contributed by atoms with E-state index in [1.54, 1.807) is 18.5 Å². The van der Waals surface area contributed by atoms with Gasteiger partial charge in [0.05, 0.1) is 23.1 Å². The number of carbonyl (C=O) groups is 1. The van der Waals surface area contributed by atoms with Crippen LogP contribution in [0, 0.1) is 19.7 Å². The average molecular weight is 374 g/mol. The van der Waals surface area contributed by atoms with Gasteiger partial charge in [-0.1, -0.05) is 17.7 Å². The number of anilines is 1. The zero-order valence-corrected chi connectivity index (χ0v) is 15.1. The monoisotopic (exact) mass is 373 g/mol. The van der Waals surface area contributed by atoms with Gasteiger partial charge in [-0.3, -0.25) is 9.89 Å². The molecule has 8 heteroatoms. The summed E-state index contributed by atoms with van der Waals surface area (Å²) in [5.74, 6) is -0.228. The summed E-state index contributed by atoms with van der Waals surface area (Å²) in [5.41, 5.74) is 4.14. The van der Waals surface area contributed by atoms with Gasteiger partial charge in [0.2, 0.25) is 5.91 Å². The van der Waals surface area contributed by atoms with Crippen molar-refractivity contribution < 1.29 is 9.18 Å². The van der Waals surface area contributed by atoms with Gasteiger partial charge in [0.25, 0.3) is 0 Å². The third kappa shape index (κ3) is 3.88. The number of hydrogen-bond donors (Lipinski definition) is 2. The molecule has 2 heterocycles. The van der Waals surface area contributed by atoms with E-state index >= 15 is 0 Å². The fourth-order valence-electron chi connectivity index (χ4n) is 2.57. The van der Waals surface area contributed by atoms with Gasteiger partial charge in [0.1, 0.15) is 5.82 Å². The molecule has 0 saturated heterocycles.